The molecule has 0 saturated carbocycles. The molecule has 0 unspecified atom stereocenters. The first kappa shape index (κ1) is 8.28. The second kappa shape index (κ2) is 3.54. The molecule has 0 fully saturated rings. The Bertz CT molecular complexity index is 284. The van der Waals surface area contributed by atoms with Crippen molar-refractivity contribution < 1.29 is 0 Å². The van der Waals surface area contributed by atoms with Gasteiger partial charge in [0.15, 0.2) is 0 Å². The van der Waals surface area contributed by atoms with Gasteiger partial charge in [-0.05, 0) is 6.07 Å². The van der Waals surface area contributed by atoms with Gasteiger partial charge in [0.2, 0.25) is 0 Å². The Morgan fingerprint density at radius 3 is 3.00 bits per heavy atom. The molecule has 0 aliphatic carbocycles. The van der Waals surface area contributed by atoms with E-state index in [1.54, 1.807) is 4.68 Å². The summed E-state index contributed by atoms with van der Waals surface area (Å²) in [6, 6.07) is 4.01. The van der Waals surface area contributed by atoms with Crippen LogP contribution in [0.15, 0.2) is 6.07 Å². The van der Waals surface area contributed by atoms with E-state index >= 15 is 0 Å². The summed E-state index contributed by atoms with van der Waals surface area (Å²) < 4.78 is 1.74. The Hall–Kier alpha value is -0.820. The van der Waals surface area contributed by atoms with Crippen LogP contribution < -0.4 is 0 Å². The molecule has 0 bridgehead atoms. The largest absolute Gasteiger partial charge is 0.271 e. The number of hydrogen-bond donors (Lipinski definition) is 0. The molecule has 58 valence electrons. The first-order valence-corrected chi connectivity index (χ1v) is 4.34. The first-order valence-electron chi connectivity index (χ1n) is 3.22. The molecule has 0 amide bonds. The second-order valence-electron chi connectivity index (χ2n) is 2.22. The third kappa shape index (κ3) is 1.81. The summed E-state index contributed by atoms with van der Waals surface area (Å²) in [6.45, 7) is 0. The normalized spacial score (nSPS) is 9.55. The quantitative estimate of drug-likeness (QED) is 0.698. The second-order valence-corrected chi connectivity index (χ2v) is 2.78. The van der Waals surface area contributed by atoms with Crippen LogP contribution in [-0.2, 0) is 18.8 Å². The molecule has 0 atom stereocenters. The number of halogens is 1. The van der Waals surface area contributed by atoms with E-state index in [0.717, 1.165) is 16.7 Å². The van der Waals surface area contributed by atoms with Gasteiger partial charge in [-0.2, -0.15) is 10.4 Å². The topological polar surface area (TPSA) is 41.6 Å². The monoisotopic (exact) mass is 213 g/mol. The van der Waals surface area contributed by atoms with E-state index in [0.29, 0.717) is 6.42 Å². The molecule has 0 aliphatic rings. The van der Waals surface area contributed by atoms with Crippen LogP contribution in [0.25, 0.3) is 0 Å². The van der Waals surface area contributed by atoms with E-state index in [2.05, 4.69) is 27.1 Å². The van der Waals surface area contributed by atoms with E-state index in [1.165, 1.54) is 0 Å². The van der Waals surface area contributed by atoms with Gasteiger partial charge in [-0.3, -0.25) is 4.68 Å². The third-order valence-electron chi connectivity index (χ3n) is 1.42. The average molecular weight is 214 g/mol. The molecule has 1 rings (SSSR count). The Labute approximate surface area is 73.8 Å². The molecular formula is C7H8BrN3. The van der Waals surface area contributed by atoms with Gasteiger partial charge in [-0.25, -0.2) is 0 Å². The number of alkyl halides is 1. The minimum Gasteiger partial charge on any atom is -0.271 e. The maximum Gasteiger partial charge on any atom is 0.0771 e. The van der Waals surface area contributed by atoms with Crippen LogP contribution in [-0.4, -0.2) is 9.78 Å². The highest BCUT2D eigenvalue weighted by Gasteiger charge is 2.01. The van der Waals surface area contributed by atoms with Crippen LogP contribution >= 0.6 is 15.9 Å². The molecular weight excluding hydrogens is 206 g/mol. The Morgan fingerprint density at radius 2 is 2.55 bits per heavy atom. The zero-order valence-corrected chi connectivity index (χ0v) is 7.80. The lowest BCUT2D eigenvalue weighted by Gasteiger charge is -1.91. The van der Waals surface area contributed by atoms with Gasteiger partial charge in [0.1, 0.15) is 0 Å². The molecule has 0 spiro atoms. The van der Waals surface area contributed by atoms with E-state index in [9.17, 15) is 0 Å². The predicted molar refractivity (Wildman–Crippen MR) is 45.2 cm³/mol. The maximum absolute atomic E-state index is 8.42. The highest BCUT2D eigenvalue weighted by molar-refractivity contribution is 9.08. The molecule has 0 aromatic carbocycles. The summed E-state index contributed by atoms with van der Waals surface area (Å²) in [5.41, 5.74) is 1.93. The number of nitriles is 1. The Balaban J connectivity index is 2.90. The van der Waals surface area contributed by atoms with Gasteiger partial charge in [0.25, 0.3) is 0 Å². The van der Waals surface area contributed by atoms with Crippen molar-refractivity contribution in [3.05, 3.63) is 17.5 Å². The summed E-state index contributed by atoms with van der Waals surface area (Å²) >= 11 is 3.30. The number of aromatic nitrogens is 2. The van der Waals surface area contributed by atoms with Crippen molar-refractivity contribution in [1.82, 2.24) is 9.78 Å². The smallest absolute Gasteiger partial charge is 0.0771 e. The number of hydrogen-bond acceptors (Lipinski definition) is 2. The lowest BCUT2D eigenvalue weighted by Crippen LogP contribution is -1.96. The van der Waals surface area contributed by atoms with Crippen LogP contribution in [0.2, 0.25) is 0 Å². The van der Waals surface area contributed by atoms with Crippen molar-refractivity contribution >= 4 is 15.9 Å². The van der Waals surface area contributed by atoms with Crippen molar-refractivity contribution in [3.63, 3.8) is 0 Å². The van der Waals surface area contributed by atoms with Crippen LogP contribution in [0.1, 0.15) is 11.4 Å². The molecule has 0 aliphatic heterocycles. The molecule has 4 heteroatoms. The molecule has 0 N–H and O–H groups in total. The minimum atomic E-state index is 0.427. The SMILES string of the molecule is Cn1nc(CBr)cc1CC#N. The Morgan fingerprint density at radius 1 is 1.82 bits per heavy atom. The maximum atomic E-state index is 8.42. The van der Waals surface area contributed by atoms with Crippen LogP contribution in [0.3, 0.4) is 0 Å². The zero-order chi connectivity index (χ0) is 8.27. The minimum absolute atomic E-state index is 0.427. The van der Waals surface area contributed by atoms with Crippen LogP contribution in [0.5, 0.6) is 0 Å². The van der Waals surface area contributed by atoms with E-state index in [-0.39, 0.29) is 0 Å². The van der Waals surface area contributed by atoms with Gasteiger partial charge in [0, 0.05) is 12.4 Å². The van der Waals surface area contributed by atoms with Gasteiger partial charge < -0.3 is 0 Å². The zero-order valence-electron chi connectivity index (χ0n) is 6.21. The Kier molecular flexibility index (Phi) is 2.66. The number of rotatable bonds is 2. The highest BCUT2D eigenvalue weighted by Crippen LogP contribution is 2.06. The van der Waals surface area contributed by atoms with Crippen molar-refractivity contribution in [1.29, 1.82) is 5.26 Å². The predicted octanol–water partition coefficient (Wildman–Crippen LogP) is 1.38. The molecule has 0 radical (unpaired) electrons. The summed E-state index contributed by atoms with van der Waals surface area (Å²) in [7, 11) is 1.85. The number of aryl methyl sites for hydroxylation is 1. The van der Waals surface area contributed by atoms with Gasteiger partial charge in [-0.15, -0.1) is 0 Å². The van der Waals surface area contributed by atoms with E-state index in [1.807, 2.05) is 13.1 Å². The average Bonchev–Trinajstić information content (AvgIpc) is 2.33. The van der Waals surface area contributed by atoms with Crippen molar-refractivity contribution in [3.8, 4) is 6.07 Å². The molecule has 1 aromatic rings. The molecule has 3 nitrogen and oxygen atoms in total. The number of nitrogens with zero attached hydrogens (tertiary/aromatic N) is 3. The van der Waals surface area contributed by atoms with Crippen LogP contribution in [0.4, 0.5) is 0 Å². The molecule has 1 heterocycles. The molecule has 11 heavy (non-hydrogen) atoms. The standard InChI is InChI=1S/C7H8BrN3/c1-11-7(2-3-9)4-6(5-8)10-11/h4H,2,5H2,1H3. The van der Waals surface area contributed by atoms with Gasteiger partial charge in [-0.1, -0.05) is 15.9 Å². The van der Waals surface area contributed by atoms with Crippen LogP contribution in [0, 0.1) is 11.3 Å². The summed E-state index contributed by atoms with van der Waals surface area (Å²) in [5, 5.41) is 13.3. The fraction of sp³-hybridized carbons (Fsp3) is 0.429. The molecule has 1 aromatic heterocycles. The van der Waals surface area contributed by atoms with Crippen molar-refractivity contribution in [2.45, 2.75) is 11.8 Å². The van der Waals surface area contributed by atoms with Gasteiger partial charge >= 0.3 is 0 Å². The lowest BCUT2D eigenvalue weighted by molar-refractivity contribution is 0.720. The fourth-order valence-electron chi connectivity index (χ4n) is 0.883. The van der Waals surface area contributed by atoms with E-state index in [4.69, 9.17) is 5.26 Å². The lowest BCUT2D eigenvalue weighted by atomic mass is 10.3. The molecule has 0 saturated heterocycles. The van der Waals surface area contributed by atoms with Crippen molar-refractivity contribution in [2.24, 2.45) is 7.05 Å². The first-order chi connectivity index (χ1) is 5.27. The third-order valence-corrected chi connectivity index (χ3v) is 2.00. The highest BCUT2D eigenvalue weighted by atomic mass is 79.9. The van der Waals surface area contributed by atoms with Gasteiger partial charge in [0.05, 0.1) is 23.9 Å². The van der Waals surface area contributed by atoms with Crippen molar-refractivity contribution in [2.75, 3.05) is 0 Å². The van der Waals surface area contributed by atoms with E-state index < -0.39 is 0 Å². The summed E-state index contributed by atoms with van der Waals surface area (Å²) in [6.07, 6.45) is 0.427. The fourth-order valence-corrected chi connectivity index (χ4v) is 1.16. The summed E-state index contributed by atoms with van der Waals surface area (Å²) in [4.78, 5) is 0. The summed E-state index contributed by atoms with van der Waals surface area (Å²) in [5.74, 6) is 0.